The van der Waals surface area contributed by atoms with Gasteiger partial charge in [-0.3, -0.25) is 14.8 Å². The molecule has 0 aliphatic heterocycles. The Morgan fingerprint density at radius 2 is 1.84 bits per heavy atom. The van der Waals surface area contributed by atoms with Gasteiger partial charge in [0.25, 0.3) is 11.8 Å². The zero-order valence-electron chi connectivity index (χ0n) is 13.1. The molecule has 0 aliphatic rings. The second-order valence-corrected chi connectivity index (χ2v) is 5.06. The van der Waals surface area contributed by atoms with Crippen molar-refractivity contribution < 1.29 is 24.0 Å². The van der Waals surface area contributed by atoms with Gasteiger partial charge in [0, 0.05) is 5.56 Å². The molecule has 0 fully saturated rings. The highest BCUT2D eigenvalue weighted by Crippen LogP contribution is 2.14. The first-order chi connectivity index (χ1) is 12.2. The Bertz CT molecular complexity index is 856. The van der Waals surface area contributed by atoms with Crippen molar-refractivity contribution in [3.63, 3.8) is 0 Å². The van der Waals surface area contributed by atoms with Gasteiger partial charge < -0.3 is 14.5 Å². The normalized spacial score (nSPS) is 10.4. The number of hydroxylamine groups is 1. The van der Waals surface area contributed by atoms with Gasteiger partial charge in [0.1, 0.15) is 17.9 Å². The van der Waals surface area contributed by atoms with E-state index in [0.717, 1.165) is 0 Å². The van der Waals surface area contributed by atoms with Crippen molar-refractivity contribution >= 4 is 22.9 Å². The number of rotatable bonds is 6. The van der Waals surface area contributed by atoms with Gasteiger partial charge in [-0.05, 0) is 36.4 Å². The molecule has 0 unspecified atom stereocenters. The quantitative estimate of drug-likeness (QED) is 0.358. The summed E-state index contributed by atoms with van der Waals surface area (Å²) in [4.78, 5) is 27.3. The summed E-state index contributed by atoms with van der Waals surface area (Å²) < 4.78 is 10.8. The summed E-state index contributed by atoms with van der Waals surface area (Å²) in [6, 6.07) is 13.3. The minimum atomic E-state index is -0.600. The second kappa shape index (κ2) is 7.45. The van der Waals surface area contributed by atoms with Crippen LogP contribution in [-0.4, -0.2) is 35.2 Å². The maximum absolute atomic E-state index is 12.0. The summed E-state index contributed by atoms with van der Waals surface area (Å²) in [7, 11) is 0. The van der Waals surface area contributed by atoms with E-state index in [1.807, 2.05) is 6.07 Å². The molecule has 0 bridgehead atoms. The van der Waals surface area contributed by atoms with Crippen molar-refractivity contribution in [1.82, 2.24) is 15.8 Å². The Morgan fingerprint density at radius 1 is 1.08 bits per heavy atom. The van der Waals surface area contributed by atoms with E-state index in [4.69, 9.17) is 14.4 Å². The Labute approximate surface area is 142 Å². The number of amides is 2. The van der Waals surface area contributed by atoms with Gasteiger partial charge in [-0.2, -0.15) is 0 Å². The van der Waals surface area contributed by atoms with Crippen LogP contribution in [-0.2, 0) is 0 Å². The minimum Gasteiger partial charge on any atom is -0.492 e. The van der Waals surface area contributed by atoms with Crippen LogP contribution in [0.1, 0.15) is 21.0 Å². The standard InChI is InChI=1S/C17H15N3O5/c21-15(20-23)11-5-7-12(8-6-11)24-10-9-18-16(22)17-19-13-3-1-2-4-14(13)25-17/h1-8,23H,9-10H2,(H,18,22)(H,20,21). The molecule has 3 aromatic rings. The number of fused-ring (bicyclic) bond motifs is 1. The van der Waals surface area contributed by atoms with Gasteiger partial charge in [-0.25, -0.2) is 10.5 Å². The molecule has 8 heteroatoms. The highest BCUT2D eigenvalue weighted by molar-refractivity contribution is 5.93. The maximum atomic E-state index is 12.0. The number of aromatic nitrogens is 1. The van der Waals surface area contributed by atoms with Crippen LogP contribution in [0.25, 0.3) is 11.1 Å². The summed E-state index contributed by atoms with van der Waals surface area (Å²) in [5.74, 6) is -0.488. The number of ether oxygens (including phenoxy) is 1. The van der Waals surface area contributed by atoms with Crippen LogP contribution < -0.4 is 15.5 Å². The fourth-order valence-corrected chi connectivity index (χ4v) is 2.15. The number of nitrogens with one attached hydrogen (secondary N) is 2. The lowest BCUT2D eigenvalue weighted by atomic mass is 10.2. The van der Waals surface area contributed by atoms with Crippen LogP contribution in [0.5, 0.6) is 5.75 Å². The third-order valence-corrected chi connectivity index (χ3v) is 3.36. The van der Waals surface area contributed by atoms with Crippen molar-refractivity contribution in [3.8, 4) is 5.75 Å². The van der Waals surface area contributed by atoms with Crippen LogP contribution in [0, 0.1) is 0 Å². The predicted octanol–water partition coefficient (Wildman–Crippen LogP) is 1.76. The molecule has 8 nitrogen and oxygen atoms in total. The van der Waals surface area contributed by atoms with E-state index in [-0.39, 0.29) is 19.0 Å². The summed E-state index contributed by atoms with van der Waals surface area (Å²) in [6.45, 7) is 0.494. The summed E-state index contributed by atoms with van der Waals surface area (Å²) in [5.41, 5.74) is 3.03. The summed E-state index contributed by atoms with van der Waals surface area (Å²) in [6.07, 6.45) is 0. The number of para-hydroxylation sites is 2. The zero-order chi connectivity index (χ0) is 17.6. The number of benzene rings is 2. The van der Waals surface area contributed by atoms with Crippen LogP contribution >= 0.6 is 0 Å². The monoisotopic (exact) mass is 341 g/mol. The van der Waals surface area contributed by atoms with Gasteiger partial charge in [0.2, 0.25) is 0 Å². The Kier molecular flexibility index (Phi) is 4.91. The lowest BCUT2D eigenvalue weighted by Gasteiger charge is -2.07. The number of oxazole rings is 1. The number of hydrogen-bond donors (Lipinski definition) is 3. The molecule has 0 aliphatic carbocycles. The molecule has 2 amide bonds. The average Bonchev–Trinajstić information content (AvgIpc) is 3.09. The molecule has 0 radical (unpaired) electrons. The highest BCUT2D eigenvalue weighted by atomic mass is 16.5. The summed E-state index contributed by atoms with van der Waals surface area (Å²) >= 11 is 0. The van der Waals surface area contributed by atoms with Crippen molar-refractivity contribution in [2.24, 2.45) is 0 Å². The fraction of sp³-hybridized carbons (Fsp3) is 0.118. The van der Waals surface area contributed by atoms with Crippen molar-refractivity contribution in [2.75, 3.05) is 13.2 Å². The third-order valence-electron chi connectivity index (χ3n) is 3.36. The smallest absolute Gasteiger partial charge is 0.307 e. The molecule has 0 atom stereocenters. The van der Waals surface area contributed by atoms with E-state index in [1.165, 1.54) is 12.1 Å². The molecular weight excluding hydrogens is 326 g/mol. The molecule has 1 heterocycles. The molecule has 0 spiro atoms. The zero-order valence-corrected chi connectivity index (χ0v) is 13.1. The Balaban J connectivity index is 1.47. The molecule has 2 aromatic carbocycles. The highest BCUT2D eigenvalue weighted by Gasteiger charge is 2.13. The van der Waals surface area contributed by atoms with Gasteiger partial charge in [0.15, 0.2) is 5.58 Å². The summed E-state index contributed by atoms with van der Waals surface area (Å²) in [5, 5.41) is 11.2. The van der Waals surface area contributed by atoms with E-state index >= 15 is 0 Å². The Morgan fingerprint density at radius 3 is 2.56 bits per heavy atom. The number of carbonyl (C=O) groups excluding carboxylic acids is 2. The van der Waals surface area contributed by atoms with Crippen LogP contribution in [0.3, 0.4) is 0 Å². The van der Waals surface area contributed by atoms with E-state index in [2.05, 4.69) is 10.3 Å². The molecule has 3 rings (SSSR count). The first kappa shape index (κ1) is 16.5. The second-order valence-electron chi connectivity index (χ2n) is 5.06. The van der Waals surface area contributed by atoms with Gasteiger partial charge in [-0.15, -0.1) is 0 Å². The molecule has 25 heavy (non-hydrogen) atoms. The van der Waals surface area contributed by atoms with Crippen LogP contribution in [0.15, 0.2) is 52.9 Å². The van der Waals surface area contributed by atoms with E-state index < -0.39 is 11.8 Å². The van der Waals surface area contributed by atoms with Crippen molar-refractivity contribution in [2.45, 2.75) is 0 Å². The lowest BCUT2D eigenvalue weighted by Crippen LogP contribution is -2.28. The largest absolute Gasteiger partial charge is 0.492 e. The molecular formula is C17H15N3O5. The van der Waals surface area contributed by atoms with E-state index in [9.17, 15) is 9.59 Å². The topological polar surface area (TPSA) is 114 Å². The lowest BCUT2D eigenvalue weighted by molar-refractivity contribution is 0.0706. The van der Waals surface area contributed by atoms with E-state index in [1.54, 1.807) is 35.8 Å². The molecule has 1 aromatic heterocycles. The van der Waals surface area contributed by atoms with Crippen LogP contribution in [0.4, 0.5) is 0 Å². The third kappa shape index (κ3) is 3.93. The number of nitrogens with zero attached hydrogens (tertiary/aromatic N) is 1. The molecule has 0 saturated heterocycles. The van der Waals surface area contributed by atoms with Gasteiger partial charge >= 0.3 is 5.91 Å². The van der Waals surface area contributed by atoms with E-state index in [0.29, 0.717) is 22.4 Å². The maximum Gasteiger partial charge on any atom is 0.307 e. The Hall–Kier alpha value is -3.39. The van der Waals surface area contributed by atoms with Gasteiger partial charge in [0.05, 0.1) is 6.54 Å². The predicted molar refractivity (Wildman–Crippen MR) is 87.5 cm³/mol. The van der Waals surface area contributed by atoms with Crippen LogP contribution in [0.2, 0.25) is 0 Å². The van der Waals surface area contributed by atoms with Crippen molar-refractivity contribution in [1.29, 1.82) is 0 Å². The van der Waals surface area contributed by atoms with Gasteiger partial charge in [-0.1, -0.05) is 12.1 Å². The van der Waals surface area contributed by atoms with Crippen molar-refractivity contribution in [3.05, 3.63) is 60.0 Å². The molecule has 3 N–H and O–H groups in total. The molecule has 0 saturated carbocycles. The first-order valence-electron chi connectivity index (χ1n) is 7.48. The number of carbonyl (C=O) groups is 2. The molecule has 128 valence electrons. The minimum absolute atomic E-state index is 0.000527. The average molecular weight is 341 g/mol. The fourth-order valence-electron chi connectivity index (χ4n) is 2.15. The first-order valence-corrected chi connectivity index (χ1v) is 7.48. The number of hydrogen-bond acceptors (Lipinski definition) is 6. The SMILES string of the molecule is O=C(NO)c1ccc(OCCNC(=O)c2nc3ccccc3o2)cc1.